The third-order valence-electron chi connectivity index (χ3n) is 5.05. The van der Waals surface area contributed by atoms with Crippen LogP contribution in [0.1, 0.15) is 0 Å². The zero-order valence-corrected chi connectivity index (χ0v) is 17.6. The fourth-order valence-corrected chi connectivity index (χ4v) is 7.63. The van der Waals surface area contributed by atoms with E-state index in [4.69, 9.17) is 4.74 Å². The molecule has 3 heteroatoms. The van der Waals surface area contributed by atoms with E-state index in [2.05, 4.69) is 78.6 Å². The van der Waals surface area contributed by atoms with Gasteiger partial charge in [-0.25, -0.2) is 0 Å². The smallest absolute Gasteiger partial charge is 0.119 e. The Balaban J connectivity index is 1.85. The summed E-state index contributed by atoms with van der Waals surface area (Å²) in [7, 11) is 0. The highest BCUT2D eigenvalue weighted by molar-refractivity contribution is 7.94. The molecule has 0 aromatic heterocycles. The van der Waals surface area contributed by atoms with Gasteiger partial charge in [-0.05, 0) is 40.7 Å². The van der Waals surface area contributed by atoms with E-state index in [0.717, 1.165) is 5.75 Å². The quantitative estimate of drug-likeness (QED) is 0.461. The Morgan fingerprint density at radius 3 is 1.37 bits per heavy atom. The first kappa shape index (κ1) is 20.2. The van der Waals surface area contributed by atoms with Crippen LogP contribution in [0.4, 0.5) is 0 Å². The van der Waals surface area contributed by atoms with Crippen molar-refractivity contribution in [2.75, 3.05) is 6.61 Å². The highest BCUT2D eigenvalue weighted by atomic mass is 31.2. The first-order chi connectivity index (χ1) is 14.8. The lowest BCUT2D eigenvalue weighted by atomic mass is 10.3. The second-order valence-corrected chi connectivity index (χ2v) is 10.4. The van der Waals surface area contributed by atoms with Crippen LogP contribution in [0.3, 0.4) is 0 Å². The number of aliphatic hydroxyl groups is 1. The average Bonchev–Trinajstić information content (AvgIpc) is 2.83. The maximum absolute atomic E-state index is 11.1. The van der Waals surface area contributed by atoms with Crippen LogP contribution in [-0.4, -0.2) is 23.6 Å². The average molecular weight is 412 g/mol. The molecule has 0 aliphatic rings. The molecule has 0 aliphatic carbocycles. The summed E-state index contributed by atoms with van der Waals surface area (Å²) in [6, 6.07) is 41.1. The molecule has 1 N–H and O–H groups in total. The molecule has 0 bridgehead atoms. The van der Waals surface area contributed by atoms with E-state index >= 15 is 0 Å². The molecule has 0 amide bonds. The minimum atomic E-state index is -2.19. The fraction of sp³-hybridized carbons (Fsp3) is 0.0741. The van der Waals surface area contributed by atoms with Crippen LogP contribution in [0.15, 0.2) is 121 Å². The van der Waals surface area contributed by atoms with Crippen LogP contribution in [-0.2, 0) is 0 Å². The van der Waals surface area contributed by atoms with Crippen molar-refractivity contribution >= 4 is 28.6 Å². The maximum Gasteiger partial charge on any atom is 0.119 e. The highest BCUT2D eigenvalue weighted by Gasteiger charge is 2.26. The number of aliphatic hydroxyl groups excluding tert-OH is 1. The number of para-hydroxylation sites is 1. The number of hydrogen-bond donors (Lipinski definition) is 1. The number of ether oxygens (including phenoxy) is 1. The van der Waals surface area contributed by atoms with Gasteiger partial charge in [-0.2, -0.15) is 0 Å². The Hall–Kier alpha value is -3.06. The highest BCUT2D eigenvalue weighted by Crippen LogP contribution is 2.43. The minimum Gasteiger partial charge on any atom is -0.491 e. The largest absolute Gasteiger partial charge is 0.491 e. The van der Waals surface area contributed by atoms with E-state index in [0.29, 0.717) is 0 Å². The lowest BCUT2D eigenvalue weighted by molar-refractivity contribution is 0.163. The fourth-order valence-electron chi connectivity index (χ4n) is 3.69. The van der Waals surface area contributed by atoms with Crippen molar-refractivity contribution < 1.29 is 9.84 Å². The molecule has 4 rings (SSSR count). The molecule has 0 heterocycles. The molecule has 1 atom stereocenters. The molecule has 0 aliphatic heterocycles. The molecule has 0 spiro atoms. The van der Waals surface area contributed by atoms with Gasteiger partial charge in [-0.15, -0.1) is 0 Å². The number of hydrogen-bond acceptors (Lipinski definition) is 2. The molecule has 150 valence electrons. The molecule has 0 radical (unpaired) electrons. The number of benzene rings is 4. The number of rotatable bonds is 7. The summed E-state index contributed by atoms with van der Waals surface area (Å²) in [6.07, 6.45) is -0.723. The van der Waals surface area contributed by atoms with Gasteiger partial charge < -0.3 is 9.84 Å². The van der Waals surface area contributed by atoms with Crippen molar-refractivity contribution in [3.8, 4) is 5.75 Å². The SMILES string of the molecule is O[C@H](C=P(c1ccccc1)(c1ccccc1)c1ccccc1)COc1ccccc1. The lowest BCUT2D eigenvalue weighted by Crippen LogP contribution is -2.31. The Bertz CT molecular complexity index is 991. The van der Waals surface area contributed by atoms with Gasteiger partial charge in [0.25, 0.3) is 0 Å². The molecule has 4 aromatic carbocycles. The van der Waals surface area contributed by atoms with Crippen LogP contribution >= 0.6 is 6.89 Å². The van der Waals surface area contributed by atoms with Crippen molar-refractivity contribution in [1.29, 1.82) is 0 Å². The second kappa shape index (κ2) is 9.63. The first-order valence-electron chi connectivity index (χ1n) is 10.1. The lowest BCUT2D eigenvalue weighted by Gasteiger charge is -2.30. The summed E-state index contributed by atoms with van der Waals surface area (Å²) in [6.45, 7) is -1.98. The molecule has 0 saturated carbocycles. The van der Waals surface area contributed by atoms with E-state index in [-0.39, 0.29) is 6.61 Å². The van der Waals surface area contributed by atoms with Gasteiger partial charge >= 0.3 is 0 Å². The minimum absolute atomic E-state index is 0.207. The summed E-state index contributed by atoms with van der Waals surface area (Å²) in [5.41, 5.74) is 0. The van der Waals surface area contributed by atoms with Gasteiger partial charge in [0.2, 0.25) is 0 Å². The Labute approximate surface area is 178 Å². The molecule has 0 fully saturated rings. The summed E-state index contributed by atoms with van der Waals surface area (Å²) in [4.78, 5) is 0. The van der Waals surface area contributed by atoms with Crippen LogP contribution in [0.25, 0.3) is 0 Å². The van der Waals surface area contributed by atoms with Crippen LogP contribution < -0.4 is 20.7 Å². The summed E-state index contributed by atoms with van der Waals surface area (Å²) < 4.78 is 5.86. The monoisotopic (exact) mass is 412 g/mol. The van der Waals surface area contributed by atoms with E-state index in [1.165, 1.54) is 15.9 Å². The molecule has 0 saturated heterocycles. The van der Waals surface area contributed by atoms with Crippen LogP contribution in [0.2, 0.25) is 0 Å². The van der Waals surface area contributed by atoms with E-state index < -0.39 is 13.0 Å². The second-order valence-electron chi connectivity index (χ2n) is 7.07. The Morgan fingerprint density at radius 1 is 0.600 bits per heavy atom. The molecule has 0 unspecified atom stereocenters. The summed E-state index contributed by atoms with van der Waals surface area (Å²) in [5, 5.41) is 14.7. The molecular formula is C27H25O2P. The summed E-state index contributed by atoms with van der Waals surface area (Å²) >= 11 is 0. The molecular weight excluding hydrogens is 387 g/mol. The molecule has 30 heavy (non-hydrogen) atoms. The topological polar surface area (TPSA) is 29.5 Å². The van der Waals surface area contributed by atoms with Gasteiger partial charge in [0.05, 0.1) is 0 Å². The van der Waals surface area contributed by atoms with Crippen LogP contribution in [0.5, 0.6) is 5.75 Å². The van der Waals surface area contributed by atoms with Crippen molar-refractivity contribution in [2.45, 2.75) is 6.10 Å². The third-order valence-corrected chi connectivity index (χ3v) is 9.18. The van der Waals surface area contributed by atoms with Crippen molar-refractivity contribution in [3.63, 3.8) is 0 Å². The Kier molecular flexibility index (Phi) is 6.49. The van der Waals surface area contributed by atoms with Gasteiger partial charge in [0, 0.05) is 0 Å². The predicted molar refractivity (Wildman–Crippen MR) is 129 cm³/mol. The van der Waals surface area contributed by atoms with E-state index in [1.807, 2.05) is 48.5 Å². The Morgan fingerprint density at radius 2 is 0.967 bits per heavy atom. The predicted octanol–water partition coefficient (Wildman–Crippen LogP) is 4.22. The van der Waals surface area contributed by atoms with Gasteiger partial charge in [-0.3, -0.25) is 0 Å². The zero-order valence-electron chi connectivity index (χ0n) is 16.7. The maximum atomic E-state index is 11.1. The van der Waals surface area contributed by atoms with Crippen LogP contribution in [0, 0.1) is 0 Å². The van der Waals surface area contributed by atoms with Crippen molar-refractivity contribution in [3.05, 3.63) is 121 Å². The van der Waals surface area contributed by atoms with Crippen molar-refractivity contribution in [1.82, 2.24) is 0 Å². The van der Waals surface area contributed by atoms with Gasteiger partial charge in [0.1, 0.15) is 18.5 Å². The summed E-state index contributed by atoms with van der Waals surface area (Å²) in [5.74, 6) is 2.86. The molecule has 4 aromatic rings. The zero-order chi connectivity index (χ0) is 20.7. The van der Waals surface area contributed by atoms with Crippen molar-refractivity contribution in [2.24, 2.45) is 0 Å². The van der Waals surface area contributed by atoms with E-state index in [1.54, 1.807) is 0 Å². The first-order valence-corrected chi connectivity index (χ1v) is 11.9. The normalized spacial score (nSPS) is 12.2. The van der Waals surface area contributed by atoms with Gasteiger partial charge in [0.15, 0.2) is 0 Å². The molecule has 2 nitrogen and oxygen atoms in total. The standard InChI is InChI=1S/C27H25O2P/c28-23(21-29-24-13-5-1-6-14-24)22-30(25-15-7-2-8-16-25,26-17-9-3-10-18-26)27-19-11-4-12-20-27/h1-20,22-23,28H,21H2/t23-/m0/s1. The third kappa shape index (κ3) is 4.41. The van der Waals surface area contributed by atoms with E-state index in [9.17, 15) is 5.11 Å². The van der Waals surface area contributed by atoms with Gasteiger partial charge in [-0.1, -0.05) is 109 Å².